The summed E-state index contributed by atoms with van der Waals surface area (Å²) in [5.41, 5.74) is 0.915. The quantitative estimate of drug-likeness (QED) is 0.689. The molecule has 0 atom stereocenters. The number of aliphatic carboxylic acids is 2. The fourth-order valence-corrected chi connectivity index (χ4v) is 1.66. The van der Waals surface area contributed by atoms with Crippen molar-refractivity contribution in [3.63, 3.8) is 0 Å². The van der Waals surface area contributed by atoms with Crippen molar-refractivity contribution in [1.82, 2.24) is 9.88 Å². The standard InChI is InChI=1S/C13H18N2O4/c16-12(17)5-9-15(10-6-13(18)19)8-4-11-3-1-2-7-14-11/h1-3,7H,4-6,8-10H2,(H,16,17)(H,18,19). The average Bonchev–Trinajstić information content (AvgIpc) is 2.38. The lowest BCUT2D eigenvalue weighted by atomic mass is 10.2. The third kappa shape index (κ3) is 7.15. The molecule has 1 rings (SSSR count). The first-order valence-corrected chi connectivity index (χ1v) is 6.14. The van der Waals surface area contributed by atoms with Crippen LogP contribution < -0.4 is 0 Å². The van der Waals surface area contributed by atoms with Gasteiger partial charge in [-0.3, -0.25) is 14.6 Å². The van der Waals surface area contributed by atoms with Crippen molar-refractivity contribution < 1.29 is 19.8 Å². The van der Waals surface area contributed by atoms with Gasteiger partial charge in [0.15, 0.2) is 0 Å². The van der Waals surface area contributed by atoms with E-state index in [2.05, 4.69) is 4.98 Å². The average molecular weight is 266 g/mol. The van der Waals surface area contributed by atoms with Crippen molar-refractivity contribution in [1.29, 1.82) is 0 Å². The van der Waals surface area contributed by atoms with Gasteiger partial charge >= 0.3 is 11.9 Å². The summed E-state index contributed by atoms with van der Waals surface area (Å²) in [6.45, 7) is 1.32. The van der Waals surface area contributed by atoms with Crippen molar-refractivity contribution in [2.45, 2.75) is 19.3 Å². The Hall–Kier alpha value is -1.95. The molecule has 6 nitrogen and oxygen atoms in total. The number of carbonyl (C=O) groups is 2. The van der Waals surface area contributed by atoms with E-state index in [1.54, 1.807) is 6.20 Å². The molecule has 0 aliphatic carbocycles. The van der Waals surface area contributed by atoms with Crippen LogP contribution in [0.2, 0.25) is 0 Å². The predicted octanol–water partition coefficient (Wildman–Crippen LogP) is 0.875. The summed E-state index contributed by atoms with van der Waals surface area (Å²) in [4.78, 5) is 27.1. The molecule has 0 radical (unpaired) electrons. The summed E-state index contributed by atoms with van der Waals surface area (Å²) in [6, 6.07) is 5.61. The molecule has 0 saturated heterocycles. The Morgan fingerprint density at radius 3 is 2.16 bits per heavy atom. The molecule has 6 heteroatoms. The van der Waals surface area contributed by atoms with Gasteiger partial charge in [0, 0.05) is 37.9 Å². The smallest absolute Gasteiger partial charge is 0.304 e. The second-order valence-corrected chi connectivity index (χ2v) is 4.20. The second kappa shape index (κ2) is 8.20. The molecule has 0 saturated carbocycles. The van der Waals surface area contributed by atoms with Crippen LogP contribution in [-0.4, -0.2) is 51.7 Å². The first kappa shape index (κ1) is 15.1. The summed E-state index contributed by atoms with van der Waals surface area (Å²) >= 11 is 0. The van der Waals surface area contributed by atoms with Crippen LogP contribution in [0.5, 0.6) is 0 Å². The van der Waals surface area contributed by atoms with Gasteiger partial charge in [-0.25, -0.2) is 0 Å². The maximum absolute atomic E-state index is 10.6. The van der Waals surface area contributed by atoms with Gasteiger partial charge in [-0.15, -0.1) is 0 Å². The van der Waals surface area contributed by atoms with Gasteiger partial charge in [-0.1, -0.05) is 6.07 Å². The first-order chi connectivity index (χ1) is 9.08. The van der Waals surface area contributed by atoms with E-state index < -0.39 is 11.9 Å². The van der Waals surface area contributed by atoms with E-state index in [0.29, 0.717) is 26.1 Å². The van der Waals surface area contributed by atoms with Gasteiger partial charge in [0.05, 0.1) is 12.8 Å². The fraction of sp³-hybridized carbons (Fsp3) is 0.462. The number of nitrogens with zero attached hydrogens (tertiary/aromatic N) is 2. The van der Waals surface area contributed by atoms with Gasteiger partial charge in [-0.2, -0.15) is 0 Å². The molecule has 19 heavy (non-hydrogen) atoms. The highest BCUT2D eigenvalue weighted by Gasteiger charge is 2.10. The Labute approximate surface area is 111 Å². The summed E-state index contributed by atoms with van der Waals surface area (Å²) in [5.74, 6) is -1.75. The number of carboxylic acids is 2. The van der Waals surface area contributed by atoms with Gasteiger partial charge in [0.25, 0.3) is 0 Å². The minimum atomic E-state index is -0.877. The van der Waals surface area contributed by atoms with Crippen molar-refractivity contribution in [3.05, 3.63) is 30.1 Å². The minimum Gasteiger partial charge on any atom is -0.481 e. The Bertz CT molecular complexity index is 390. The molecule has 2 N–H and O–H groups in total. The Morgan fingerprint density at radius 2 is 1.68 bits per heavy atom. The second-order valence-electron chi connectivity index (χ2n) is 4.20. The Balaban J connectivity index is 2.43. The fourth-order valence-electron chi connectivity index (χ4n) is 1.66. The van der Waals surface area contributed by atoms with Crippen LogP contribution in [0.15, 0.2) is 24.4 Å². The maximum Gasteiger partial charge on any atom is 0.304 e. The molecular weight excluding hydrogens is 248 g/mol. The number of carboxylic acid groups (broad SMARTS) is 2. The zero-order chi connectivity index (χ0) is 14.1. The summed E-state index contributed by atoms with van der Waals surface area (Å²) in [7, 11) is 0. The number of hydrogen-bond donors (Lipinski definition) is 2. The van der Waals surface area contributed by atoms with Crippen LogP contribution in [0.3, 0.4) is 0 Å². The molecule has 0 fully saturated rings. The highest BCUT2D eigenvalue weighted by molar-refractivity contribution is 5.67. The molecule has 0 aliphatic heterocycles. The third-order valence-electron chi connectivity index (χ3n) is 2.69. The van der Waals surface area contributed by atoms with Crippen LogP contribution in [0, 0.1) is 0 Å². The molecule has 0 amide bonds. The number of pyridine rings is 1. The highest BCUT2D eigenvalue weighted by Crippen LogP contribution is 2.00. The summed E-state index contributed by atoms with van der Waals surface area (Å²) in [5, 5.41) is 17.3. The number of hydrogen-bond acceptors (Lipinski definition) is 4. The zero-order valence-electron chi connectivity index (χ0n) is 10.7. The largest absolute Gasteiger partial charge is 0.481 e. The maximum atomic E-state index is 10.6. The van der Waals surface area contributed by atoms with E-state index in [0.717, 1.165) is 5.69 Å². The predicted molar refractivity (Wildman–Crippen MR) is 68.9 cm³/mol. The third-order valence-corrected chi connectivity index (χ3v) is 2.69. The number of rotatable bonds is 9. The molecular formula is C13H18N2O4. The van der Waals surface area contributed by atoms with Crippen LogP contribution in [-0.2, 0) is 16.0 Å². The van der Waals surface area contributed by atoms with Crippen molar-refractivity contribution in [2.24, 2.45) is 0 Å². The Morgan fingerprint density at radius 1 is 1.05 bits per heavy atom. The van der Waals surface area contributed by atoms with Gasteiger partial charge in [-0.05, 0) is 12.1 Å². The van der Waals surface area contributed by atoms with Gasteiger partial charge in [0.2, 0.25) is 0 Å². The monoisotopic (exact) mass is 266 g/mol. The van der Waals surface area contributed by atoms with E-state index in [1.165, 1.54) is 0 Å². The van der Waals surface area contributed by atoms with Gasteiger partial charge < -0.3 is 15.1 Å². The van der Waals surface area contributed by atoms with E-state index in [1.807, 2.05) is 23.1 Å². The summed E-state index contributed by atoms with van der Waals surface area (Å²) in [6.07, 6.45) is 2.41. The lowest BCUT2D eigenvalue weighted by molar-refractivity contribution is -0.137. The topological polar surface area (TPSA) is 90.7 Å². The molecule has 0 bridgehead atoms. The SMILES string of the molecule is O=C(O)CCN(CCC(=O)O)CCc1ccccn1. The molecule has 1 heterocycles. The molecule has 0 spiro atoms. The van der Waals surface area contributed by atoms with Gasteiger partial charge in [0.1, 0.15) is 0 Å². The van der Waals surface area contributed by atoms with Crippen molar-refractivity contribution >= 4 is 11.9 Å². The lowest BCUT2D eigenvalue weighted by Crippen LogP contribution is -2.31. The minimum absolute atomic E-state index is 0.0157. The van der Waals surface area contributed by atoms with E-state index in [9.17, 15) is 9.59 Å². The molecule has 0 aromatic carbocycles. The molecule has 1 aromatic rings. The zero-order valence-corrected chi connectivity index (χ0v) is 10.7. The number of aromatic nitrogens is 1. The van der Waals surface area contributed by atoms with E-state index >= 15 is 0 Å². The molecule has 104 valence electrons. The van der Waals surface area contributed by atoms with Crippen molar-refractivity contribution in [2.75, 3.05) is 19.6 Å². The first-order valence-electron chi connectivity index (χ1n) is 6.14. The van der Waals surface area contributed by atoms with Crippen LogP contribution in [0.1, 0.15) is 18.5 Å². The van der Waals surface area contributed by atoms with E-state index in [-0.39, 0.29) is 12.8 Å². The Kier molecular flexibility index (Phi) is 6.52. The molecule has 1 aromatic heterocycles. The van der Waals surface area contributed by atoms with E-state index in [4.69, 9.17) is 10.2 Å². The molecule has 0 unspecified atom stereocenters. The lowest BCUT2D eigenvalue weighted by Gasteiger charge is -2.20. The highest BCUT2D eigenvalue weighted by atomic mass is 16.4. The van der Waals surface area contributed by atoms with Crippen molar-refractivity contribution in [3.8, 4) is 0 Å². The normalized spacial score (nSPS) is 10.6. The van der Waals surface area contributed by atoms with Crippen LogP contribution >= 0.6 is 0 Å². The van der Waals surface area contributed by atoms with Crippen LogP contribution in [0.25, 0.3) is 0 Å². The summed E-state index contributed by atoms with van der Waals surface area (Å²) < 4.78 is 0. The molecule has 0 aliphatic rings. The van der Waals surface area contributed by atoms with Crippen LogP contribution in [0.4, 0.5) is 0 Å².